The van der Waals surface area contributed by atoms with E-state index in [2.05, 4.69) is 0 Å². The van der Waals surface area contributed by atoms with E-state index in [0.29, 0.717) is 25.1 Å². The number of carboxylic acids is 1. The standard InChI is InChI=1S/C17H23NO5S/c1-22-12-17(16(20)21)8-9-18(11-17)15(19)7-10-24-14-5-3-13(23-2)4-6-14/h3-6H,7-12H2,1-2H3,(H,20,21). The summed E-state index contributed by atoms with van der Waals surface area (Å²) in [5, 5.41) is 9.43. The number of rotatable bonds is 8. The number of methoxy groups -OCH3 is 2. The van der Waals surface area contributed by atoms with Gasteiger partial charge in [0.1, 0.15) is 11.2 Å². The van der Waals surface area contributed by atoms with Gasteiger partial charge in [0, 0.05) is 37.3 Å². The van der Waals surface area contributed by atoms with Crippen molar-refractivity contribution in [3.8, 4) is 5.75 Å². The Balaban J connectivity index is 1.81. The number of thioether (sulfide) groups is 1. The van der Waals surface area contributed by atoms with Crippen LogP contribution in [0.2, 0.25) is 0 Å². The third-order valence-electron chi connectivity index (χ3n) is 4.22. The Hall–Kier alpha value is -1.73. The highest BCUT2D eigenvalue weighted by atomic mass is 32.2. The van der Waals surface area contributed by atoms with Gasteiger partial charge in [0.25, 0.3) is 0 Å². The van der Waals surface area contributed by atoms with Crippen LogP contribution in [0, 0.1) is 5.41 Å². The molecule has 7 heteroatoms. The summed E-state index contributed by atoms with van der Waals surface area (Å²) in [5.74, 6) is 0.560. The van der Waals surface area contributed by atoms with Crippen LogP contribution in [0.5, 0.6) is 5.75 Å². The van der Waals surface area contributed by atoms with Crippen molar-refractivity contribution in [3.63, 3.8) is 0 Å². The largest absolute Gasteiger partial charge is 0.497 e. The van der Waals surface area contributed by atoms with Crippen molar-refractivity contribution in [2.45, 2.75) is 17.7 Å². The first kappa shape index (κ1) is 18.6. The summed E-state index contributed by atoms with van der Waals surface area (Å²) in [7, 11) is 3.11. The molecule has 1 aromatic carbocycles. The first-order chi connectivity index (χ1) is 11.5. The summed E-state index contributed by atoms with van der Waals surface area (Å²) in [5.41, 5.74) is -0.965. The minimum absolute atomic E-state index is 0.00441. The summed E-state index contributed by atoms with van der Waals surface area (Å²) in [4.78, 5) is 26.5. The molecule has 1 amide bonds. The molecule has 1 aliphatic heterocycles. The molecular formula is C17H23NO5S. The molecule has 1 fully saturated rings. The molecule has 0 saturated carbocycles. The number of carbonyl (C=O) groups excluding carboxylic acids is 1. The molecule has 0 aromatic heterocycles. The molecular weight excluding hydrogens is 330 g/mol. The minimum atomic E-state index is -0.965. The van der Waals surface area contributed by atoms with E-state index >= 15 is 0 Å². The molecule has 1 atom stereocenters. The van der Waals surface area contributed by atoms with E-state index in [9.17, 15) is 14.7 Å². The van der Waals surface area contributed by atoms with Crippen LogP contribution >= 0.6 is 11.8 Å². The van der Waals surface area contributed by atoms with E-state index in [1.165, 1.54) is 7.11 Å². The SMILES string of the molecule is COCC1(C(=O)O)CCN(C(=O)CCSc2ccc(OC)cc2)C1. The van der Waals surface area contributed by atoms with Gasteiger partial charge >= 0.3 is 5.97 Å². The van der Waals surface area contributed by atoms with E-state index < -0.39 is 11.4 Å². The zero-order valence-electron chi connectivity index (χ0n) is 14.0. The van der Waals surface area contributed by atoms with E-state index in [1.807, 2.05) is 24.3 Å². The van der Waals surface area contributed by atoms with Gasteiger partial charge in [-0.15, -0.1) is 11.8 Å². The first-order valence-corrected chi connectivity index (χ1v) is 8.76. The van der Waals surface area contributed by atoms with Crippen LogP contribution in [0.25, 0.3) is 0 Å². The van der Waals surface area contributed by atoms with Gasteiger partial charge < -0.3 is 19.5 Å². The van der Waals surface area contributed by atoms with Gasteiger partial charge in [-0.1, -0.05) is 0 Å². The average molecular weight is 353 g/mol. The fourth-order valence-corrected chi connectivity index (χ4v) is 3.64. The van der Waals surface area contributed by atoms with Crippen LogP contribution in [0.1, 0.15) is 12.8 Å². The molecule has 0 radical (unpaired) electrons. The predicted molar refractivity (Wildman–Crippen MR) is 91.5 cm³/mol. The second kappa shape index (κ2) is 8.39. The smallest absolute Gasteiger partial charge is 0.313 e. The Kier molecular flexibility index (Phi) is 6.51. The van der Waals surface area contributed by atoms with Crippen LogP contribution < -0.4 is 4.74 Å². The lowest BCUT2D eigenvalue weighted by Crippen LogP contribution is -2.40. The number of likely N-dealkylation sites (tertiary alicyclic amines) is 1. The third-order valence-corrected chi connectivity index (χ3v) is 5.24. The molecule has 1 aliphatic rings. The molecule has 1 heterocycles. The average Bonchev–Trinajstić information content (AvgIpc) is 3.01. The van der Waals surface area contributed by atoms with Gasteiger partial charge in [0.15, 0.2) is 0 Å². The molecule has 1 saturated heterocycles. The molecule has 1 N–H and O–H groups in total. The van der Waals surface area contributed by atoms with Gasteiger partial charge in [0.05, 0.1) is 13.7 Å². The number of carboxylic acid groups (broad SMARTS) is 1. The number of ether oxygens (including phenoxy) is 2. The molecule has 1 unspecified atom stereocenters. The van der Waals surface area contributed by atoms with Crippen molar-refractivity contribution in [3.05, 3.63) is 24.3 Å². The van der Waals surface area contributed by atoms with Gasteiger partial charge in [-0.05, 0) is 30.7 Å². The fourth-order valence-electron chi connectivity index (χ4n) is 2.80. The fraction of sp³-hybridized carbons (Fsp3) is 0.529. The number of aliphatic carboxylic acids is 1. The molecule has 2 rings (SSSR count). The topological polar surface area (TPSA) is 76.1 Å². The van der Waals surface area contributed by atoms with Crippen molar-refractivity contribution in [2.75, 3.05) is 39.7 Å². The molecule has 0 bridgehead atoms. The zero-order chi connectivity index (χ0) is 17.6. The van der Waals surface area contributed by atoms with Gasteiger partial charge in [0.2, 0.25) is 5.91 Å². The van der Waals surface area contributed by atoms with E-state index in [1.54, 1.807) is 23.8 Å². The molecule has 132 valence electrons. The van der Waals surface area contributed by atoms with E-state index in [4.69, 9.17) is 9.47 Å². The van der Waals surface area contributed by atoms with Gasteiger partial charge in [-0.2, -0.15) is 0 Å². The summed E-state index contributed by atoms with van der Waals surface area (Å²) in [6.07, 6.45) is 0.826. The Morgan fingerprint density at radius 2 is 2.00 bits per heavy atom. The van der Waals surface area contributed by atoms with Crippen molar-refractivity contribution in [1.29, 1.82) is 0 Å². The summed E-state index contributed by atoms with van der Waals surface area (Å²) in [6.45, 7) is 0.830. The summed E-state index contributed by atoms with van der Waals surface area (Å²) in [6, 6.07) is 7.68. The maximum Gasteiger partial charge on any atom is 0.313 e. The van der Waals surface area contributed by atoms with Gasteiger partial charge in [-0.25, -0.2) is 0 Å². The monoisotopic (exact) mass is 353 g/mol. The van der Waals surface area contributed by atoms with Gasteiger partial charge in [-0.3, -0.25) is 9.59 Å². The zero-order valence-corrected chi connectivity index (χ0v) is 14.8. The molecule has 6 nitrogen and oxygen atoms in total. The van der Waals surface area contributed by atoms with Crippen molar-refractivity contribution in [2.24, 2.45) is 5.41 Å². The number of carbonyl (C=O) groups is 2. The number of amides is 1. The predicted octanol–water partition coefficient (Wildman–Crippen LogP) is 2.13. The second-order valence-electron chi connectivity index (χ2n) is 5.86. The number of nitrogens with zero attached hydrogens (tertiary/aromatic N) is 1. The number of hydrogen-bond acceptors (Lipinski definition) is 5. The molecule has 1 aromatic rings. The van der Waals surface area contributed by atoms with Crippen LogP contribution in [0.15, 0.2) is 29.2 Å². The first-order valence-electron chi connectivity index (χ1n) is 7.78. The minimum Gasteiger partial charge on any atom is -0.497 e. The highest BCUT2D eigenvalue weighted by Gasteiger charge is 2.46. The molecule has 24 heavy (non-hydrogen) atoms. The quantitative estimate of drug-likeness (QED) is 0.722. The lowest BCUT2D eigenvalue weighted by molar-refractivity contribution is -0.151. The van der Waals surface area contributed by atoms with Crippen molar-refractivity contribution < 1.29 is 24.2 Å². The molecule has 0 spiro atoms. The second-order valence-corrected chi connectivity index (χ2v) is 7.03. The van der Waals surface area contributed by atoms with Crippen LogP contribution in [0.3, 0.4) is 0 Å². The normalized spacial score (nSPS) is 20.2. The highest BCUT2D eigenvalue weighted by Crippen LogP contribution is 2.32. The van der Waals surface area contributed by atoms with Crippen molar-refractivity contribution in [1.82, 2.24) is 4.90 Å². The Bertz CT molecular complexity index is 577. The van der Waals surface area contributed by atoms with Crippen LogP contribution in [-0.4, -0.2) is 61.6 Å². The van der Waals surface area contributed by atoms with E-state index in [0.717, 1.165) is 10.6 Å². The number of hydrogen-bond donors (Lipinski definition) is 1. The van der Waals surface area contributed by atoms with Crippen molar-refractivity contribution >= 4 is 23.6 Å². The maximum atomic E-state index is 12.3. The van der Waals surface area contributed by atoms with Crippen LogP contribution in [0.4, 0.5) is 0 Å². The summed E-state index contributed by atoms with van der Waals surface area (Å²) >= 11 is 1.60. The lowest BCUT2D eigenvalue weighted by atomic mass is 9.88. The number of benzene rings is 1. The summed E-state index contributed by atoms with van der Waals surface area (Å²) < 4.78 is 10.2. The van der Waals surface area contributed by atoms with Crippen LogP contribution in [-0.2, 0) is 14.3 Å². The Morgan fingerprint density at radius 3 is 2.58 bits per heavy atom. The Labute approximate surface area is 146 Å². The highest BCUT2D eigenvalue weighted by molar-refractivity contribution is 7.99. The van der Waals surface area contributed by atoms with E-state index in [-0.39, 0.29) is 19.1 Å². The third kappa shape index (κ3) is 4.42. The molecule has 0 aliphatic carbocycles. The Morgan fingerprint density at radius 1 is 1.29 bits per heavy atom. The lowest BCUT2D eigenvalue weighted by Gasteiger charge is -2.23. The maximum absolute atomic E-state index is 12.3.